The van der Waals surface area contributed by atoms with Crippen LogP contribution in [0.15, 0.2) is 30.6 Å². The monoisotopic (exact) mass is 288 g/mol. The predicted octanol–water partition coefficient (Wildman–Crippen LogP) is 2.30. The Kier molecular flexibility index (Phi) is 4.22. The van der Waals surface area contributed by atoms with Gasteiger partial charge in [0.15, 0.2) is 0 Å². The molecule has 0 saturated heterocycles. The molecule has 0 aliphatic heterocycles. The third-order valence-electron chi connectivity index (χ3n) is 2.95. The Bertz CT molecular complexity index is 651. The van der Waals surface area contributed by atoms with Gasteiger partial charge in [0.2, 0.25) is 0 Å². The predicted molar refractivity (Wildman–Crippen MR) is 77.3 cm³/mol. The number of carboxylic acid groups (broad SMARTS) is 1. The average molecular weight is 288 g/mol. The summed E-state index contributed by atoms with van der Waals surface area (Å²) in [4.78, 5) is 29.6. The summed E-state index contributed by atoms with van der Waals surface area (Å²) in [5.41, 5.74) is 1.70. The van der Waals surface area contributed by atoms with Crippen LogP contribution in [0.2, 0.25) is 0 Å². The van der Waals surface area contributed by atoms with E-state index in [1.54, 1.807) is 31.5 Å². The molecule has 0 bridgehead atoms. The number of urea groups is 1. The Morgan fingerprint density at radius 3 is 2.81 bits per heavy atom. The van der Waals surface area contributed by atoms with Crippen molar-refractivity contribution >= 4 is 17.7 Å². The molecule has 2 heterocycles. The molecule has 2 aromatic heterocycles. The third kappa shape index (κ3) is 3.59. The van der Waals surface area contributed by atoms with Crippen LogP contribution in [-0.4, -0.2) is 27.1 Å². The molecule has 0 fully saturated rings. The third-order valence-corrected chi connectivity index (χ3v) is 2.95. The molecule has 0 aliphatic rings. The number of carboxylic acids is 1. The van der Waals surface area contributed by atoms with Gasteiger partial charge in [-0.15, -0.1) is 0 Å². The van der Waals surface area contributed by atoms with Gasteiger partial charge in [0, 0.05) is 18.1 Å². The highest BCUT2D eigenvalue weighted by atomic mass is 16.4. The van der Waals surface area contributed by atoms with Crippen molar-refractivity contribution in [1.29, 1.82) is 0 Å². The summed E-state index contributed by atoms with van der Waals surface area (Å²) in [7, 11) is 0. The van der Waals surface area contributed by atoms with E-state index >= 15 is 0 Å². The summed E-state index contributed by atoms with van der Waals surface area (Å²) in [6.45, 7) is 3.53. The maximum absolute atomic E-state index is 11.9. The highest BCUT2D eigenvalue weighted by Gasteiger charge is 2.16. The number of amides is 2. The van der Waals surface area contributed by atoms with E-state index in [-0.39, 0.29) is 17.4 Å². The lowest BCUT2D eigenvalue weighted by Gasteiger charge is -2.14. The van der Waals surface area contributed by atoms with Crippen molar-refractivity contribution in [2.45, 2.75) is 19.9 Å². The van der Waals surface area contributed by atoms with E-state index in [2.05, 4.69) is 20.6 Å². The number of aromatic nitrogens is 2. The normalized spacial score (nSPS) is 11.7. The number of anilines is 1. The van der Waals surface area contributed by atoms with E-state index in [9.17, 15) is 9.59 Å². The number of aromatic amines is 1. The van der Waals surface area contributed by atoms with Gasteiger partial charge in [-0.05, 0) is 31.5 Å². The lowest BCUT2D eigenvalue weighted by molar-refractivity contribution is 0.0692. The number of aryl methyl sites for hydroxylation is 1. The van der Waals surface area contributed by atoms with Crippen molar-refractivity contribution in [2.24, 2.45) is 0 Å². The zero-order valence-corrected chi connectivity index (χ0v) is 11.7. The lowest BCUT2D eigenvalue weighted by Crippen LogP contribution is -2.31. The number of carbonyl (C=O) groups is 2. The standard InChI is InChI=1S/C14H16N4O3/c1-8-6-11(12(16-8)13(19)20)18-14(21)17-9(2)10-4-3-5-15-7-10/h3-7,9,16H,1-2H3,(H,19,20)(H2,17,18,21). The Balaban J connectivity index is 2.04. The molecule has 0 aromatic carbocycles. The molecule has 0 aliphatic carbocycles. The Morgan fingerprint density at radius 2 is 2.19 bits per heavy atom. The topological polar surface area (TPSA) is 107 Å². The first kappa shape index (κ1) is 14.6. The van der Waals surface area contributed by atoms with Gasteiger partial charge in [-0.25, -0.2) is 9.59 Å². The summed E-state index contributed by atoms with van der Waals surface area (Å²) in [6, 6.07) is 4.47. The van der Waals surface area contributed by atoms with Crippen molar-refractivity contribution in [1.82, 2.24) is 15.3 Å². The van der Waals surface area contributed by atoms with E-state index in [0.29, 0.717) is 5.69 Å². The molecule has 0 radical (unpaired) electrons. The van der Waals surface area contributed by atoms with Crippen LogP contribution in [0.25, 0.3) is 0 Å². The van der Waals surface area contributed by atoms with Gasteiger partial charge >= 0.3 is 12.0 Å². The number of rotatable bonds is 4. The van der Waals surface area contributed by atoms with E-state index in [1.165, 1.54) is 0 Å². The maximum Gasteiger partial charge on any atom is 0.354 e. The fourth-order valence-electron chi connectivity index (χ4n) is 1.93. The molecular weight excluding hydrogens is 272 g/mol. The van der Waals surface area contributed by atoms with Crippen LogP contribution < -0.4 is 10.6 Å². The van der Waals surface area contributed by atoms with Crippen LogP contribution >= 0.6 is 0 Å². The zero-order valence-electron chi connectivity index (χ0n) is 11.7. The van der Waals surface area contributed by atoms with Gasteiger partial charge in [-0.2, -0.15) is 0 Å². The molecule has 2 amide bonds. The molecule has 4 N–H and O–H groups in total. The summed E-state index contributed by atoms with van der Waals surface area (Å²) in [6.07, 6.45) is 3.31. The second-order valence-corrected chi connectivity index (χ2v) is 4.65. The maximum atomic E-state index is 11.9. The largest absolute Gasteiger partial charge is 0.477 e. The summed E-state index contributed by atoms with van der Waals surface area (Å²) in [5.74, 6) is -1.13. The number of nitrogens with one attached hydrogen (secondary N) is 3. The van der Waals surface area contributed by atoms with Crippen molar-refractivity contribution in [2.75, 3.05) is 5.32 Å². The molecule has 1 unspecified atom stereocenters. The molecule has 110 valence electrons. The van der Waals surface area contributed by atoms with E-state index < -0.39 is 12.0 Å². The van der Waals surface area contributed by atoms with Crippen LogP contribution in [0.3, 0.4) is 0 Å². The fourth-order valence-corrected chi connectivity index (χ4v) is 1.93. The number of hydrogen-bond acceptors (Lipinski definition) is 3. The first-order valence-electron chi connectivity index (χ1n) is 6.37. The van der Waals surface area contributed by atoms with E-state index in [1.807, 2.05) is 13.0 Å². The summed E-state index contributed by atoms with van der Waals surface area (Å²) >= 11 is 0. The highest BCUT2D eigenvalue weighted by Crippen LogP contribution is 2.17. The summed E-state index contributed by atoms with van der Waals surface area (Å²) < 4.78 is 0. The van der Waals surface area contributed by atoms with Gasteiger partial charge in [-0.3, -0.25) is 4.98 Å². The van der Waals surface area contributed by atoms with Crippen LogP contribution in [0.4, 0.5) is 10.5 Å². The first-order valence-corrected chi connectivity index (χ1v) is 6.37. The molecule has 0 saturated carbocycles. The number of H-pyrrole nitrogens is 1. The summed E-state index contributed by atoms with van der Waals surface area (Å²) in [5, 5.41) is 14.3. The molecule has 0 spiro atoms. The molecule has 2 rings (SSSR count). The van der Waals surface area contributed by atoms with Crippen LogP contribution in [-0.2, 0) is 0 Å². The molecule has 21 heavy (non-hydrogen) atoms. The van der Waals surface area contributed by atoms with Gasteiger partial charge in [0.05, 0.1) is 11.7 Å². The minimum absolute atomic E-state index is 0.0447. The van der Waals surface area contributed by atoms with E-state index in [4.69, 9.17) is 5.11 Å². The average Bonchev–Trinajstić information content (AvgIpc) is 2.80. The van der Waals surface area contributed by atoms with Crippen LogP contribution in [0, 0.1) is 6.92 Å². The molecule has 2 aromatic rings. The second kappa shape index (κ2) is 6.08. The SMILES string of the molecule is Cc1cc(NC(=O)NC(C)c2cccnc2)c(C(=O)O)[nH]1. The molecule has 7 heteroatoms. The number of hydrogen-bond donors (Lipinski definition) is 4. The lowest BCUT2D eigenvalue weighted by atomic mass is 10.1. The number of aromatic carboxylic acids is 1. The second-order valence-electron chi connectivity index (χ2n) is 4.65. The van der Waals surface area contributed by atoms with Gasteiger partial charge in [0.1, 0.15) is 5.69 Å². The van der Waals surface area contributed by atoms with Crippen molar-refractivity contribution in [3.05, 3.63) is 47.5 Å². The highest BCUT2D eigenvalue weighted by molar-refractivity contribution is 5.99. The van der Waals surface area contributed by atoms with Gasteiger partial charge < -0.3 is 20.7 Å². The number of pyridine rings is 1. The number of carbonyl (C=O) groups excluding carboxylic acids is 1. The van der Waals surface area contributed by atoms with Crippen LogP contribution in [0.1, 0.15) is 34.7 Å². The minimum atomic E-state index is -1.13. The number of nitrogens with zero attached hydrogens (tertiary/aromatic N) is 1. The van der Waals surface area contributed by atoms with Crippen molar-refractivity contribution in [3.63, 3.8) is 0 Å². The van der Waals surface area contributed by atoms with E-state index in [0.717, 1.165) is 5.56 Å². The van der Waals surface area contributed by atoms with Gasteiger partial charge in [-0.1, -0.05) is 6.07 Å². The Morgan fingerprint density at radius 1 is 1.43 bits per heavy atom. The van der Waals surface area contributed by atoms with Crippen molar-refractivity contribution in [3.8, 4) is 0 Å². The van der Waals surface area contributed by atoms with Gasteiger partial charge in [0.25, 0.3) is 0 Å². The van der Waals surface area contributed by atoms with Crippen molar-refractivity contribution < 1.29 is 14.7 Å². The fraction of sp³-hybridized carbons (Fsp3) is 0.214. The first-order chi connectivity index (χ1) is 9.97. The molecule has 7 nitrogen and oxygen atoms in total. The van der Waals surface area contributed by atoms with Crippen LogP contribution in [0.5, 0.6) is 0 Å². The zero-order chi connectivity index (χ0) is 15.4. The Hall–Kier alpha value is -2.83. The molecular formula is C14H16N4O3. The quantitative estimate of drug-likeness (QED) is 0.692. The smallest absolute Gasteiger partial charge is 0.354 e. The molecule has 1 atom stereocenters. The Labute approximate surface area is 121 Å². The minimum Gasteiger partial charge on any atom is -0.477 e.